The highest BCUT2D eigenvalue weighted by atomic mass is 16.2. The standard InChI is InChI=1S/C16H25N3O2/c1-12(2)10-19(11-13(3)4)16(21)15(20)18-9-14-7-5-6-8-17-14/h5-8,12-13H,9-11H2,1-4H3,(H,18,20). The molecule has 1 heterocycles. The minimum Gasteiger partial charge on any atom is -0.342 e. The molecule has 0 aliphatic rings. The van der Waals surface area contributed by atoms with Gasteiger partial charge in [0.1, 0.15) is 0 Å². The van der Waals surface area contributed by atoms with Crippen molar-refractivity contribution >= 4 is 11.8 Å². The molecule has 1 N–H and O–H groups in total. The zero-order chi connectivity index (χ0) is 15.8. The van der Waals surface area contributed by atoms with E-state index in [4.69, 9.17) is 0 Å². The molecule has 0 saturated heterocycles. The van der Waals surface area contributed by atoms with E-state index in [9.17, 15) is 9.59 Å². The number of hydrogen-bond donors (Lipinski definition) is 1. The second-order valence-corrected chi connectivity index (χ2v) is 6.00. The number of pyridine rings is 1. The first kappa shape index (κ1) is 17.1. The average Bonchev–Trinajstić information content (AvgIpc) is 2.43. The molecular weight excluding hydrogens is 266 g/mol. The first-order chi connectivity index (χ1) is 9.90. The maximum Gasteiger partial charge on any atom is 0.311 e. The third-order valence-electron chi connectivity index (χ3n) is 2.81. The van der Waals surface area contributed by atoms with E-state index in [1.807, 2.05) is 45.9 Å². The summed E-state index contributed by atoms with van der Waals surface area (Å²) in [6.07, 6.45) is 1.66. The summed E-state index contributed by atoms with van der Waals surface area (Å²) >= 11 is 0. The third kappa shape index (κ3) is 6.38. The second-order valence-electron chi connectivity index (χ2n) is 6.00. The van der Waals surface area contributed by atoms with Crippen LogP contribution in [0.1, 0.15) is 33.4 Å². The van der Waals surface area contributed by atoms with Gasteiger partial charge >= 0.3 is 11.8 Å². The molecule has 0 aromatic carbocycles. The molecule has 0 unspecified atom stereocenters. The van der Waals surface area contributed by atoms with Crippen molar-refractivity contribution in [1.29, 1.82) is 0 Å². The van der Waals surface area contributed by atoms with E-state index >= 15 is 0 Å². The lowest BCUT2D eigenvalue weighted by Gasteiger charge is -2.25. The first-order valence-electron chi connectivity index (χ1n) is 7.37. The summed E-state index contributed by atoms with van der Waals surface area (Å²) in [6.45, 7) is 9.59. The number of carbonyl (C=O) groups excluding carboxylic acids is 2. The van der Waals surface area contributed by atoms with Gasteiger partial charge in [0.15, 0.2) is 0 Å². The molecule has 2 amide bonds. The van der Waals surface area contributed by atoms with Crippen molar-refractivity contribution in [1.82, 2.24) is 15.2 Å². The van der Waals surface area contributed by atoms with Crippen LogP contribution in [0.15, 0.2) is 24.4 Å². The van der Waals surface area contributed by atoms with Gasteiger partial charge in [0.05, 0.1) is 12.2 Å². The van der Waals surface area contributed by atoms with E-state index in [1.54, 1.807) is 11.1 Å². The van der Waals surface area contributed by atoms with Crippen LogP contribution >= 0.6 is 0 Å². The highest BCUT2D eigenvalue weighted by Crippen LogP contribution is 2.04. The fourth-order valence-corrected chi connectivity index (χ4v) is 2.01. The van der Waals surface area contributed by atoms with Crippen molar-refractivity contribution in [3.8, 4) is 0 Å². The van der Waals surface area contributed by atoms with E-state index in [-0.39, 0.29) is 6.54 Å². The van der Waals surface area contributed by atoms with Crippen molar-refractivity contribution in [3.05, 3.63) is 30.1 Å². The molecule has 116 valence electrons. The highest BCUT2D eigenvalue weighted by Gasteiger charge is 2.22. The van der Waals surface area contributed by atoms with Crippen molar-refractivity contribution in [2.24, 2.45) is 11.8 Å². The number of rotatable bonds is 6. The molecule has 0 spiro atoms. The van der Waals surface area contributed by atoms with Crippen LogP contribution in [0.25, 0.3) is 0 Å². The van der Waals surface area contributed by atoms with E-state index in [0.29, 0.717) is 24.9 Å². The monoisotopic (exact) mass is 291 g/mol. The Labute approximate surface area is 126 Å². The van der Waals surface area contributed by atoms with Crippen LogP contribution in [0.4, 0.5) is 0 Å². The maximum atomic E-state index is 12.2. The third-order valence-corrected chi connectivity index (χ3v) is 2.81. The largest absolute Gasteiger partial charge is 0.342 e. The van der Waals surface area contributed by atoms with Gasteiger partial charge in [-0.25, -0.2) is 0 Å². The van der Waals surface area contributed by atoms with Gasteiger partial charge in [-0.2, -0.15) is 0 Å². The molecule has 0 radical (unpaired) electrons. The molecule has 21 heavy (non-hydrogen) atoms. The van der Waals surface area contributed by atoms with Crippen LogP contribution in [0, 0.1) is 11.8 Å². The summed E-state index contributed by atoms with van der Waals surface area (Å²) in [7, 11) is 0. The normalized spacial score (nSPS) is 10.8. The zero-order valence-corrected chi connectivity index (χ0v) is 13.3. The van der Waals surface area contributed by atoms with Gasteiger partial charge in [-0.1, -0.05) is 33.8 Å². The van der Waals surface area contributed by atoms with Crippen LogP contribution in [0.2, 0.25) is 0 Å². The second kappa shape index (κ2) is 8.39. The van der Waals surface area contributed by atoms with E-state index in [1.165, 1.54) is 0 Å². The lowest BCUT2D eigenvalue weighted by atomic mass is 10.1. The fourth-order valence-electron chi connectivity index (χ4n) is 2.01. The van der Waals surface area contributed by atoms with Gasteiger partial charge in [0.25, 0.3) is 0 Å². The number of nitrogens with one attached hydrogen (secondary N) is 1. The van der Waals surface area contributed by atoms with E-state index in [2.05, 4.69) is 10.3 Å². The molecule has 0 bridgehead atoms. The summed E-state index contributed by atoms with van der Waals surface area (Å²) in [5.74, 6) is -0.372. The summed E-state index contributed by atoms with van der Waals surface area (Å²) in [5, 5.41) is 2.63. The van der Waals surface area contributed by atoms with Crippen molar-refractivity contribution < 1.29 is 9.59 Å². The van der Waals surface area contributed by atoms with Crippen LogP contribution in [-0.4, -0.2) is 34.8 Å². The van der Waals surface area contributed by atoms with Crippen LogP contribution in [0.5, 0.6) is 0 Å². The molecule has 0 saturated carbocycles. The molecule has 0 atom stereocenters. The van der Waals surface area contributed by atoms with E-state index < -0.39 is 11.8 Å². The molecule has 0 aliphatic carbocycles. The Morgan fingerprint density at radius 3 is 2.24 bits per heavy atom. The Kier molecular flexibility index (Phi) is 6.85. The average molecular weight is 291 g/mol. The molecule has 5 nitrogen and oxygen atoms in total. The smallest absolute Gasteiger partial charge is 0.311 e. The van der Waals surface area contributed by atoms with Gasteiger partial charge in [-0.15, -0.1) is 0 Å². The number of hydrogen-bond acceptors (Lipinski definition) is 3. The predicted molar refractivity (Wildman–Crippen MR) is 82.3 cm³/mol. The Bertz CT molecular complexity index is 448. The van der Waals surface area contributed by atoms with Crippen molar-refractivity contribution in [3.63, 3.8) is 0 Å². The lowest BCUT2D eigenvalue weighted by Crippen LogP contribution is -2.45. The topological polar surface area (TPSA) is 62.3 Å². The Balaban J connectivity index is 2.58. The molecule has 1 aromatic rings. The van der Waals surface area contributed by atoms with Gasteiger partial charge < -0.3 is 10.2 Å². The SMILES string of the molecule is CC(C)CN(CC(C)C)C(=O)C(=O)NCc1ccccn1. The van der Waals surface area contributed by atoms with Crippen molar-refractivity contribution in [2.45, 2.75) is 34.2 Å². The summed E-state index contributed by atoms with van der Waals surface area (Å²) in [5.41, 5.74) is 0.734. The number of carbonyl (C=O) groups is 2. The van der Waals surface area contributed by atoms with Crippen LogP contribution < -0.4 is 5.32 Å². The maximum absolute atomic E-state index is 12.2. The van der Waals surface area contributed by atoms with Gasteiger partial charge in [-0.3, -0.25) is 14.6 Å². The van der Waals surface area contributed by atoms with Gasteiger partial charge in [0.2, 0.25) is 0 Å². The van der Waals surface area contributed by atoms with Gasteiger partial charge in [-0.05, 0) is 24.0 Å². The van der Waals surface area contributed by atoms with Gasteiger partial charge in [0, 0.05) is 19.3 Å². The quantitative estimate of drug-likeness (QED) is 0.813. The Morgan fingerprint density at radius 1 is 1.14 bits per heavy atom. The molecule has 0 fully saturated rings. The first-order valence-corrected chi connectivity index (χ1v) is 7.37. The molecule has 1 rings (SSSR count). The summed E-state index contributed by atoms with van der Waals surface area (Å²) in [4.78, 5) is 30.0. The number of aromatic nitrogens is 1. The predicted octanol–water partition coefficient (Wildman–Crippen LogP) is 1.84. The Hall–Kier alpha value is -1.91. The number of nitrogens with zero attached hydrogens (tertiary/aromatic N) is 2. The lowest BCUT2D eigenvalue weighted by molar-refractivity contribution is -0.146. The Morgan fingerprint density at radius 2 is 1.76 bits per heavy atom. The van der Waals surface area contributed by atoms with Crippen LogP contribution in [0.3, 0.4) is 0 Å². The molecule has 1 aromatic heterocycles. The zero-order valence-electron chi connectivity index (χ0n) is 13.3. The van der Waals surface area contributed by atoms with Crippen molar-refractivity contribution in [2.75, 3.05) is 13.1 Å². The van der Waals surface area contributed by atoms with E-state index in [0.717, 1.165) is 5.69 Å². The molecular formula is C16H25N3O2. The minimum atomic E-state index is -0.568. The molecule has 5 heteroatoms. The summed E-state index contributed by atoms with van der Waals surface area (Å²) in [6, 6.07) is 5.47. The number of amides is 2. The molecule has 0 aliphatic heterocycles. The minimum absolute atomic E-state index is 0.266. The highest BCUT2D eigenvalue weighted by molar-refractivity contribution is 6.34. The fraction of sp³-hybridized carbons (Fsp3) is 0.562. The van der Waals surface area contributed by atoms with Crippen LogP contribution in [-0.2, 0) is 16.1 Å². The summed E-state index contributed by atoms with van der Waals surface area (Å²) < 4.78 is 0.